The number of aliphatic hydroxyl groups excluding tert-OH is 5. The lowest BCUT2D eigenvalue weighted by molar-refractivity contribution is -0.384. The quantitative estimate of drug-likeness (QED) is 0.126. The lowest BCUT2D eigenvalue weighted by atomic mass is 9.98. The first-order valence-electron chi connectivity index (χ1n) is 14.0. The van der Waals surface area contributed by atoms with Crippen LogP contribution in [0.1, 0.15) is 60.8 Å². The standard InChI is InChI=1S/C27H46O14/c1-13(2)7-18(31)37-23-17(11-29)40-27(12-30,25(23)39-20(33)9-15(5)6)41-26-22(35)24(21(34)16(10-28)36-26)38-19(32)8-14(3)4/h13-17,21-26,28-30,34-35H,7-12H2,1-6H3/t16-,17+,21-,22-,23-,24+,25+,26-,27-/m1/s1. The Hall–Kier alpha value is -1.91. The van der Waals surface area contributed by atoms with Gasteiger partial charge in [0.15, 0.2) is 24.6 Å². The Kier molecular flexibility index (Phi) is 13.4. The molecule has 2 heterocycles. The molecule has 2 saturated heterocycles. The van der Waals surface area contributed by atoms with Gasteiger partial charge < -0.3 is 54.0 Å². The molecule has 0 bridgehead atoms. The predicted octanol–water partition coefficient (Wildman–Crippen LogP) is -0.605. The van der Waals surface area contributed by atoms with E-state index >= 15 is 0 Å². The lowest BCUT2D eigenvalue weighted by Crippen LogP contribution is -2.64. The van der Waals surface area contributed by atoms with Gasteiger partial charge in [-0.25, -0.2) is 0 Å². The molecule has 0 aromatic rings. The summed E-state index contributed by atoms with van der Waals surface area (Å²) in [5.41, 5.74) is 0. The Morgan fingerprint density at radius 1 is 0.707 bits per heavy atom. The van der Waals surface area contributed by atoms with Crippen LogP contribution in [-0.4, -0.2) is 118 Å². The molecule has 2 aliphatic rings. The minimum atomic E-state index is -2.34. The fourth-order valence-corrected chi connectivity index (χ4v) is 4.61. The number of hydrogen-bond donors (Lipinski definition) is 5. The van der Waals surface area contributed by atoms with E-state index in [4.69, 9.17) is 28.4 Å². The van der Waals surface area contributed by atoms with Crippen LogP contribution in [0.4, 0.5) is 0 Å². The molecule has 0 unspecified atom stereocenters. The third kappa shape index (κ3) is 9.29. The highest BCUT2D eigenvalue weighted by Crippen LogP contribution is 2.40. The van der Waals surface area contributed by atoms with Crippen molar-refractivity contribution in [2.75, 3.05) is 19.8 Å². The molecule has 0 spiro atoms. The lowest BCUT2D eigenvalue weighted by Gasteiger charge is -2.44. The number of carbonyl (C=O) groups is 3. The molecular weight excluding hydrogens is 548 g/mol. The van der Waals surface area contributed by atoms with Crippen molar-refractivity contribution in [2.45, 2.75) is 116 Å². The van der Waals surface area contributed by atoms with Crippen molar-refractivity contribution in [3.8, 4) is 0 Å². The van der Waals surface area contributed by atoms with E-state index in [1.165, 1.54) is 0 Å². The van der Waals surface area contributed by atoms with Gasteiger partial charge in [0.05, 0.1) is 13.2 Å². The molecule has 0 aromatic carbocycles. The predicted molar refractivity (Wildman–Crippen MR) is 139 cm³/mol. The van der Waals surface area contributed by atoms with E-state index < -0.39 is 92.5 Å². The SMILES string of the molecule is CC(C)CC(=O)O[C@@H]1[C@@H](O)[C@@H](O[C@@]2(CO)O[C@@H](CO)[C@@H](OC(=O)CC(C)C)[C@@H]2OC(=O)CC(C)C)O[C@H](CO)[C@H]1O. The molecule has 5 N–H and O–H groups in total. The Balaban J connectivity index is 2.44. The summed E-state index contributed by atoms with van der Waals surface area (Å²) in [6.07, 6.45) is -12.8. The third-order valence-electron chi connectivity index (χ3n) is 6.51. The molecule has 0 amide bonds. The van der Waals surface area contributed by atoms with Crippen molar-refractivity contribution in [3.05, 3.63) is 0 Å². The van der Waals surface area contributed by atoms with Gasteiger partial charge in [0.25, 0.3) is 0 Å². The highest BCUT2D eigenvalue weighted by atomic mass is 16.8. The molecule has 2 fully saturated rings. The van der Waals surface area contributed by atoms with E-state index in [0.29, 0.717) is 0 Å². The van der Waals surface area contributed by atoms with Gasteiger partial charge >= 0.3 is 17.9 Å². The Morgan fingerprint density at radius 2 is 1.17 bits per heavy atom. The van der Waals surface area contributed by atoms with Crippen molar-refractivity contribution in [3.63, 3.8) is 0 Å². The number of aliphatic hydroxyl groups is 5. The van der Waals surface area contributed by atoms with Crippen LogP contribution in [0.25, 0.3) is 0 Å². The molecule has 0 aliphatic carbocycles. The molecular formula is C27H46O14. The largest absolute Gasteiger partial charge is 0.456 e. The van der Waals surface area contributed by atoms with E-state index in [1.807, 2.05) is 0 Å². The molecule has 41 heavy (non-hydrogen) atoms. The van der Waals surface area contributed by atoms with Crippen LogP contribution in [-0.2, 0) is 42.8 Å². The number of hydrogen-bond acceptors (Lipinski definition) is 14. The number of carbonyl (C=O) groups excluding carboxylic acids is 3. The first-order valence-corrected chi connectivity index (χ1v) is 14.0. The molecule has 2 aliphatic heterocycles. The Morgan fingerprint density at radius 3 is 1.61 bits per heavy atom. The van der Waals surface area contributed by atoms with Gasteiger partial charge in [-0.2, -0.15) is 0 Å². The summed E-state index contributed by atoms with van der Waals surface area (Å²) in [6, 6.07) is 0. The van der Waals surface area contributed by atoms with Gasteiger partial charge in [0.1, 0.15) is 31.0 Å². The molecule has 14 heteroatoms. The van der Waals surface area contributed by atoms with E-state index in [9.17, 15) is 39.9 Å². The molecule has 9 atom stereocenters. The maximum atomic E-state index is 12.8. The molecule has 2 rings (SSSR count). The van der Waals surface area contributed by atoms with Gasteiger partial charge in [0.2, 0.25) is 5.79 Å². The summed E-state index contributed by atoms with van der Waals surface area (Å²) in [4.78, 5) is 37.7. The molecule has 0 aromatic heterocycles. The van der Waals surface area contributed by atoms with Crippen molar-refractivity contribution < 1.29 is 68.3 Å². The monoisotopic (exact) mass is 594 g/mol. The molecule has 14 nitrogen and oxygen atoms in total. The second kappa shape index (κ2) is 15.5. The van der Waals surface area contributed by atoms with E-state index in [0.717, 1.165) is 0 Å². The molecule has 238 valence electrons. The topological polar surface area (TPSA) is 208 Å². The van der Waals surface area contributed by atoms with E-state index in [2.05, 4.69) is 0 Å². The normalized spacial score (nSPS) is 33.8. The Bertz CT molecular complexity index is 863. The van der Waals surface area contributed by atoms with Crippen molar-refractivity contribution in [2.24, 2.45) is 17.8 Å². The van der Waals surface area contributed by atoms with Crippen molar-refractivity contribution in [1.29, 1.82) is 0 Å². The molecule has 0 radical (unpaired) electrons. The van der Waals surface area contributed by atoms with Crippen LogP contribution in [0, 0.1) is 17.8 Å². The fraction of sp³-hybridized carbons (Fsp3) is 0.889. The summed E-state index contributed by atoms with van der Waals surface area (Å²) >= 11 is 0. The summed E-state index contributed by atoms with van der Waals surface area (Å²) < 4.78 is 33.7. The number of ether oxygens (including phenoxy) is 6. The van der Waals surface area contributed by atoms with Gasteiger partial charge in [-0.3, -0.25) is 14.4 Å². The zero-order chi connectivity index (χ0) is 31.1. The maximum Gasteiger partial charge on any atom is 0.306 e. The summed E-state index contributed by atoms with van der Waals surface area (Å²) in [5, 5.41) is 52.0. The van der Waals surface area contributed by atoms with Crippen molar-refractivity contribution in [1.82, 2.24) is 0 Å². The maximum absolute atomic E-state index is 12.8. The number of esters is 3. The highest BCUT2D eigenvalue weighted by Gasteiger charge is 2.63. The molecule has 0 saturated carbocycles. The average molecular weight is 595 g/mol. The minimum Gasteiger partial charge on any atom is -0.456 e. The van der Waals surface area contributed by atoms with Gasteiger partial charge in [-0.15, -0.1) is 0 Å². The fourth-order valence-electron chi connectivity index (χ4n) is 4.61. The summed E-state index contributed by atoms with van der Waals surface area (Å²) in [5.74, 6) is -4.79. The zero-order valence-corrected chi connectivity index (χ0v) is 24.5. The average Bonchev–Trinajstić information content (AvgIpc) is 3.14. The smallest absolute Gasteiger partial charge is 0.306 e. The second-order valence-electron chi connectivity index (χ2n) is 11.7. The van der Waals surface area contributed by atoms with Gasteiger partial charge in [0, 0.05) is 19.3 Å². The zero-order valence-electron chi connectivity index (χ0n) is 24.5. The van der Waals surface area contributed by atoms with E-state index in [1.54, 1.807) is 41.5 Å². The van der Waals surface area contributed by atoms with Crippen molar-refractivity contribution >= 4 is 17.9 Å². The third-order valence-corrected chi connectivity index (χ3v) is 6.51. The first kappa shape index (κ1) is 35.3. The van der Waals surface area contributed by atoms with E-state index in [-0.39, 0.29) is 37.0 Å². The number of rotatable bonds is 14. The highest BCUT2D eigenvalue weighted by molar-refractivity contribution is 5.71. The van der Waals surface area contributed by atoms with Crippen LogP contribution in [0.3, 0.4) is 0 Å². The van der Waals surface area contributed by atoms with Crippen LogP contribution >= 0.6 is 0 Å². The summed E-state index contributed by atoms with van der Waals surface area (Å²) in [6.45, 7) is 8.13. The minimum absolute atomic E-state index is 0.00175. The Labute approximate surface area is 239 Å². The first-order chi connectivity index (χ1) is 19.2. The van der Waals surface area contributed by atoms with Crippen LogP contribution in [0.5, 0.6) is 0 Å². The van der Waals surface area contributed by atoms with Crippen LogP contribution < -0.4 is 0 Å². The summed E-state index contributed by atoms with van der Waals surface area (Å²) in [7, 11) is 0. The van der Waals surface area contributed by atoms with Crippen LogP contribution in [0.2, 0.25) is 0 Å². The van der Waals surface area contributed by atoms with Crippen LogP contribution in [0.15, 0.2) is 0 Å². The van der Waals surface area contributed by atoms with Gasteiger partial charge in [-0.05, 0) is 17.8 Å². The van der Waals surface area contributed by atoms with Gasteiger partial charge in [-0.1, -0.05) is 41.5 Å². The second-order valence-corrected chi connectivity index (χ2v) is 11.7.